The van der Waals surface area contributed by atoms with Crippen LogP contribution in [0.5, 0.6) is 0 Å². The minimum atomic E-state index is -0.0232. The van der Waals surface area contributed by atoms with Gasteiger partial charge in [-0.05, 0) is 49.4 Å². The Hall–Kier alpha value is -1.81. The maximum absolute atomic E-state index is 11.4. The Morgan fingerprint density at radius 2 is 2.05 bits per heavy atom. The van der Waals surface area contributed by atoms with Crippen LogP contribution in [0.1, 0.15) is 30.0 Å². The summed E-state index contributed by atoms with van der Waals surface area (Å²) >= 11 is 6.02. The third-order valence-corrected chi connectivity index (χ3v) is 4.50. The molecule has 1 aliphatic heterocycles. The molecule has 0 atom stereocenters. The highest BCUT2D eigenvalue weighted by Crippen LogP contribution is 2.29. The van der Waals surface area contributed by atoms with Crippen molar-refractivity contribution in [3.63, 3.8) is 0 Å². The summed E-state index contributed by atoms with van der Waals surface area (Å²) in [7, 11) is 0. The zero-order valence-electron chi connectivity index (χ0n) is 12.0. The molecule has 110 valence electrons. The molecular formula is C16H18ClN3O. The number of pyridine rings is 2. The number of piperidine rings is 1. The average molecular weight is 304 g/mol. The maximum atomic E-state index is 11.4. The summed E-state index contributed by atoms with van der Waals surface area (Å²) in [5, 5.41) is 0.706. The number of anilines is 1. The van der Waals surface area contributed by atoms with Crippen LogP contribution in [0.15, 0.2) is 35.3 Å². The van der Waals surface area contributed by atoms with E-state index in [-0.39, 0.29) is 5.56 Å². The predicted molar refractivity (Wildman–Crippen MR) is 85.2 cm³/mol. The number of rotatable bonds is 2. The molecule has 3 heterocycles. The molecule has 0 radical (unpaired) electrons. The number of aryl methyl sites for hydroxylation is 1. The molecule has 0 amide bonds. The Morgan fingerprint density at radius 3 is 2.71 bits per heavy atom. The van der Waals surface area contributed by atoms with Gasteiger partial charge in [0.05, 0.1) is 10.7 Å². The number of nitrogens with one attached hydrogen (secondary N) is 1. The summed E-state index contributed by atoms with van der Waals surface area (Å²) in [6, 6.07) is 7.60. The highest BCUT2D eigenvalue weighted by molar-refractivity contribution is 6.31. The molecule has 3 rings (SSSR count). The van der Waals surface area contributed by atoms with Crippen molar-refractivity contribution in [2.24, 2.45) is 0 Å². The third-order valence-electron chi connectivity index (χ3n) is 4.10. The van der Waals surface area contributed by atoms with Crippen molar-refractivity contribution in [1.82, 2.24) is 9.97 Å². The molecule has 0 unspecified atom stereocenters. The Bertz CT molecular complexity index is 690. The van der Waals surface area contributed by atoms with E-state index in [1.807, 2.05) is 25.1 Å². The van der Waals surface area contributed by atoms with Gasteiger partial charge >= 0.3 is 0 Å². The number of hydrogen-bond donors (Lipinski definition) is 1. The zero-order chi connectivity index (χ0) is 14.8. The van der Waals surface area contributed by atoms with E-state index < -0.39 is 0 Å². The minimum absolute atomic E-state index is 0.0232. The second-order valence-corrected chi connectivity index (χ2v) is 5.89. The van der Waals surface area contributed by atoms with Gasteiger partial charge in [-0.15, -0.1) is 0 Å². The standard InChI is InChI=1S/C16H18ClN3O/c1-11-14(17)2-3-15(19-11)20-8-5-12(6-9-20)13-4-7-18-16(21)10-13/h2-4,7,10,12H,5-6,8-9H2,1H3,(H,18,21). The molecule has 1 aliphatic rings. The summed E-state index contributed by atoms with van der Waals surface area (Å²) in [5.41, 5.74) is 1.98. The first-order valence-corrected chi connectivity index (χ1v) is 7.58. The normalized spacial score (nSPS) is 16.2. The van der Waals surface area contributed by atoms with E-state index in [0.29, 0.717) is 10.9 Å². The fourth-order valence-corrected chi connectivity index (χ4v) is 2.97. The number of aromatic nitrogens is 2. The van der Waals surface area contributed by atoms with Crippen LogP contribution in [0.3, 0.4) is 0 Å². The second-order valence-electron chi connectivity index (χ2n) is 5.48. The number of H-pyrrole nitrogens is 1. The van der Waals surface area contributed by atoms with Crippen molar-refractivity contribution >= 4 is 17.4 Å². The first kappa shape index (κ1) is 14.1. The molecule has 0 saturated carbocycles. The van der Waals surface area contributed by atoms with Gasteiger partial charge in [0.1, 0.15) is 5.82 Å². The molecule has 2 aromatic heterocycles. The van der Waals surface area contributed by atoms with Crippen molar-refractivity contribution in [1.29, 1.82) is 0 Å². The molecule has 5 heteroatoms. The van der Waals surface area contributed by atoms with Crippen LogP contribution >= 0.6 is 11.6 Å². The van der Waals surface area contributed by atoms with Crippen LogP contribution in [-0.4, -0.2) is 23.1 Å². The van der Waals surface area contributed by atoms with Gasteiger partial charge in [0.2, 0.25) is 5.56 Å². The maximum Gasteiger partial charge on any atom is 0.248 e. The quantitative estimate of drug-likeness (QED) is 0.927. The van der Waals surface area contributed by atoms with Crippen molar-refractivity contribution in [2.75, 3.05) is 18.0 Å². The first-order chi connectivity index (χ1) is 10.1. The van der Waals surface area contributed by atoms with Crippen molar-refractivity contribution < 1.29 is 0 Å². The van der Waals surface area contributed by atoms with Crippen molar-refractivity contribution in [3.05, 3.63) is 57.1 Å². The molecule has 4 nitrogen and oxygen atoms in total. The molecular weight excluding hydrogens is 286 g/mol. The Balaban J connectivity index is 1.70. The lowest BCUT2D eigenvalue weighted by molar-refractivity contribution is 0.502. The fourth-order valence-electron chi connectivity index (χ4n) is 2.86. The zero-order valence-corrected chi connectivity index (χ0v) is 12.7. The van der Waals surface area contributed by atoms with E-state index in [9.17, 15) is 4.79 Å². The molecule has 0 aromatic carbocycles. The summed E-state index contributed by atoms with van der Waals surface area (Å²) in [6.07, 6.45) is 3.80. The van der Waals surface area contributed by atoms with Gasteiger partial charge in [-0.2, -0.15) is 0 Å². The monoisotopic (exact) mass is 303 g/mol. The molecule has 21 heavy (non-hydrogen) atoms. The predicted octanol–water partition coefficient (Wildman–Crippen LogP) is 3.12. The van der Waals surface area contributed by atoms with Crippen LogP contribution in [-0.2, 0) is 0 Å². The van der Waals surface area contributed by atoms with E-state index in [4.69, 9.17) is 11.6 Å². The summed E-state index contributed by atoms with van der Waals surface area (Å²) < 4.78 is 0. The molecule has 0 aliphatic carbocycles. The van der Waals surface area contributed by atoms with Crippen molar-refractivity contribution in [3.8, 4) is 0 Å². The second kappa shape index (κ2) is 5.90. The molecule has 1 fully saturated rings. The van der Waals surface area contributed by atoms with E-state index in [0.717, 1.165) is 43.0 Å². The van der Waals surface area contributed by atoms with Crippen LogP contribution in [0, 0.1) is 6.92 Å². The lowest BCUT2D eigenvalue weighted by Gasteiger charge is -2.33. The number of nitrogens with zero attached hydrogens (tertiary/aromatic N) is 2. The molecule has 0 spiro atoms. The average Bonchev–Trinajstić information content (AvgIpc) is 2.50. The van der Waals surface area contributed by atoms with Gasteiger partial charge in [-0.1, -0.05) is 11.6 Å². The number of aromatic amines is 1. The smallest absolute Gasteiger partial charge is 0.248 e. The van der Waals surface area contributed by atoms with Gasteiger partial charge in [0.15, 0.2) is 0 Å². The highest BCUT2D eigenvalue weighted by atomic mass is 35.5. The molecule has 1 saturated heterocycles. The fraction of sp³-hybridized carbons (Fsp3) is 0.375. The largest absolute Gasteiger partial charge is 0.357 e. The van der Waals surface area contributed by atoms with Gasteiger partial charge in [0, 0.05) is 25.4 Å². The highest BCUT2D eigenvalue weighted by Gasteiger charge is 2.21. The SMILES string of the molecule is Cc1nc(N2CCC(c3cc[nH]c(=O)c3)CC2)ccc1Cl. The van der Waals surface area contributed by atoms with Gasteiger partial charge in [-0.3, -0.25) is 4.79 Å². The topological polar surface area (TPSA) is 49.0 Å². The lowest BCUT2D eigenvalue weighted by atomic mass is 9.90. The van der Waals surface area contributed by atoms with Crippen LogP contribution < -0.4 is 10.5 Å². The summed E-state index contributed by atoms with van der Waals surface area (Å²) in [4.78, 5) is 20.9. The summed E-state index contributed by atoms with van der Waals surface area (Å²) in [6.45, 7) is 3.83. The van der Waals surface area contributed by atoms with E-state index >= 15 is 0 Å². The molecule has 1 N–H and O–H groups in total. The van der Waals surface area contributed by atoms with Gasteiger partial charge in [0.25, 0.3) is 0 Å². The van der Waals surface area contributed by atoms with Crippen LogP contribution in [0.4, 0.5) is 5.82 Å². The number of hydrogen-bond acceptors (Lipinski definition) is 3. The molecule has 0 bridgehead atoms. The van der Waals surface area contributed by atoms with E-state index in [1.54, 1.807) is 12.3 Å². The first-order valence-electron chi connectivity index (χ1n) is 7.20. The van der Waals surface area contributed by atoms with E-state index in [1.165, 1.54) is 0 Å². The number of halogens is 1. The lowest BCUT2D eigenvalue weighted by Crippen LogP contribution is -2.33. The Morgan fingerprint density at radius 1 is 1.29 bits per heavy atom. The third kappa shape index (κ3) is 3.10. The Labute approximate surface area is 128 Å². The van der Waals surface area contributed by atoms with E-state index in [2.05, 4.69) is 14.9 Å². The van der Waals surface area contributed by atoms with Gasteiger partial charge in [-0.25, -0.2) is 4.98 Å². The van der Waals surface area contributed by atoms with Crippen molar-refractivity contribution in [2.45, 2.75) is 25.7 Å². The van der Waals surface area contributed by atoms with Crippen LogP contribution in [0.25, 0.3) is 0 Å². The van der Waals surface area contributed by atoms with Crippen LogP contribution in [0.2, 0.25) is 5.02 Å². The Kier molecular flexibility index (Phi) is 3.97. The summed E-state index contributed by atoms with van der Waals surface area (Å²) in [5.74, 6) is 1.44. The minimum Gasteiger partial charge on any atom is -0.357 e. The molecule has 2 aromatic rings. The van der Waals surface area contributed by atoms with Gasteiger partial charge < -0.3 is 9.88 Å².